The summed E-state index contributed by atoms with van der Waals surface area (Å²) in [6, 6.07) is 13.7. The van der Waals surface area contributed by atoms with Gasteiger partial charge in [-0.1, -0.05) is 23.8 Å². The summed E-state index contributed by atoms with van der Waals surface area (Å²) in [6.45, 7) is 2.03. The standard InChI is InChI=1S/C16H16N2O/c1-11-5-7-12(8-6-11)18-16(19)14-10-13(14)15-4-2-3-9-17-15/h2-9,13-14H,10H2,1H3,(H,18,19). The molecule has 3 heteroatoms. The maximum atomic E-state index is 12.1. The van der Waals surface area contributed by atoms with Gasteiger partial charge in [-0.2, -0.15) is 0 Å². The van der Waals surface area contributed by atoms with Crippen molar-refractivity contribution in [1.82, 2.24) is 4.98 Å². The van der Waals surface area contributed by atoms with Crippen LogP contribution in [0.1, 0.15) is 23.6 Å². The minimum absolute atomic E-state index is 0.0659. The van der Waals surface area contributed by atoms with Crippen LogP contribution in [-0.4, -0.2) is 10.9 Å². The molecule has 1 aliphatic rings. The molecule has 0 radical (unpaired) electrons. The highest BCUT2D eigenvalue weighted by Gasteiger charge is 2.44. The van der Waals surface area contributed by atoms with E-state index in [1.807, 2.05) is 49.4 Å². The molecular weight excluding hydrogens is 236 g/mol. The highest BCUT2D eigenvalue weighted by atomic mass is 16.2. The van der Waals surface area contributed by atoms with E-state index in [4.69, 9.17) is 0 Å². The fourth-order valence-corrected chi connectivity index (χ4v) is 2.28. The second-order valence-electron chi connectivity index (χ2n) is 5.06. The molecule has 3 nitrogen and oxygen atoms in total. The summed E-state index contributed by atoms with van der Waals surface area (Å²) in [5.41, 5.74) is 3.07. The average molecular weight is 252 g/mol. The number of nitrogens with one attached hydrogen (secondary N) is 1. The average Bonchev–Trinajstić information content (AvgIpc) is 3.23. The Balaban J connectivity index is 1.63. The van der Waals surface area contributed by atoms with Crippen molar-refractivity contribution < 1.29 is 4.79 Å². The Bertz CT molecular complexity index is 577. The van der Waals surface area contributed by atoms with Gasteiger partial charge in [0.2, 0.25) is 5.91 Å². The fourth-order valence-electron chi connectivity index (χ4n) is 2.28. The van der Waals surface area contributed by atoms with Gasteiger partial charge in [-0.05, 0) is 37.6 Å². The van der Waals surface area contributed by atoms with Crippen LogP contribution < -0.4 is 5.32 Å². The van der Waals surface area contributed by atoms with Crippen molar-refractivity contribution in [3.05, 3.63) is 59.9 Å². The van der Waals surface area contributed by atoms with Gasteiger partial charge in [-0.3, -0.25) is 9.78 Å². The van der Waals surface area contributed by atoms with E-state index >= 15 is 0 Å². The van der Waals surface area contributed by atoms with Gasteiger partial charge in [0.05, 0.1) is 0 Å². The van der Waals surface area contributed by atoms with E-state index in [9.17, 15) is 4.79 Å². The summed E-state index contributed by atoms with van der Waals surface area (Å²) in [7, 11) is 0. The maximum Gasteiger partial charge on any atom is 0.228 e. The normalized spacial score (nSPS) is 20.9. The van der Waals surface area contributed by atoms with Gasteiger partial charge in [-0.25, -0.2) is 0 Å². The van der Waals surface area contributed by atoms with Crippen LogP contribution in [0.3, 0.4) is 0 Å². The lowest BCUT2D eigenvalue weighted by Crippen LogP contribution is -2.14. The Labute approximate surface area is 112 Å². The number of aryl methyl sites for hydroxylation is 1. The summed E-state index contributed by atoms with van der Waals surface area (Å²) in [5, 5.41) is 2.96. The Morgan fingerprint density at radius 2 is 2.00 bits per heavy atom. The van der Waals surface area contributed by atoms with E-state index in [0.29, 0.717) is 0 Å². The number of benzene rings is 1. The van der Waals surface area contributed by atoms with E-state index in [0.717, 1.165) is 17.8 Å². The topological polar surface area (TPSA) is 42.0 Å². The lowest BCUT2D eigenvalue weighted by molar-refractivity contribution is -0.117. The molecule has 1 fully saturated rings. The zero-order valence-electron chi connectivity index (χ0n) is 10.8. The van der Waals surface area contributed by atoms with Crippen LogP contribution in [0.2, 0.25) is 0 Å². The van der Waals surface area contributed by atoms with Crippen molar-refractivity contribution in [2.45, 2.75) is 19.3 Å². The molecule has 0 aliphatic heterocycles. The van der Waals surface area contributed by atoms with E-state index in [2.05, 4.69) is 10.3 Å². The van der Waals surface area contributed by atoms with Crippen LogP contribution in [0.4, 0.5) is 5.69 Å². The third-order valence-electron chi connectivity index (χ3n) is 3.51. The molecule has 3 rings (SSSR count). The molecule has 1 amide bonds. The van der Waals surface area contributed by atoms with Crippen molar-refractivity contribution in [3.8, 4) is 0 Å². The molecule has 1 N–H and O–H groups in total. The third kappa shape index (κ3) is 2.65. The van der Waals surface area contributed by atoms with E-state index in [-0.39, 0.29) is 17.7 Å². The third-order valence-corrected chi connectivity index (χ3v) is 3.51. The van der Waals surface area contributed by atoms with Crippen molar-refractivity contribution in [3.63, 3.8) is 0 Å². The van der Waals surface area contributed by atoms with Crippen LogP contribution in [-0.2, 0) is 4.79 Å². The van der Waals surface area contributed by atoms with E-state index in [1.165, 1.54) is 5.56 Å². The van der Waals surface area contributed by atoms with Gasteiger partial charge >= 0.3 is 0 Å². The first-order valence-electron chi connectivity index (χ1n) is 6.52. The summed E-state index contributed by atoms with van der Waals surface area (Å²) in [5.74, 6) is 0.447. The summed E-state index contributed by atoms with van der Waals surface area (Å²) < 4.78 is 0. The zero-order valence-corrected chi connectivity index (χ0v) is 10.8. The predicted molar refractivity (Wildman–Crippen MR) is 74.9 cm³/mol. The summed E-state index contributed by atoms with van der Waals surface area (Å²) in [4.78, 5) is 16.4. The number of anilines is 1. The number of amides is 1. The van der Waals surface area contributed by atoms with Crippen molar-refractivity contribution in [2.75, 3.05) is 5.32 Å². The smallest absolute Gasteiger partial charge is 0.228 e. The number of pyridine rings is 1. The second kappa shape index (κ2) is 4.84. The van der Waals surface area contributed by atoms with Crippen LogP contribution >= 0.6 is 0 Å². The minimum Gasteiger partial charge on any atom is -0.326 e. The van der Waals surface area contributed by atoms with Gasteiger partial charge in [0.25, 0.3) is 0 Å². The number of carbonyl (C=O) groups is 1. The maximum absolute atomic E-state index is 12.1. The largest absolute Gasteiger partial charge is 0.326 e. The minimum atomic E-state index is 0.0659. The number of rotatable bonds is 3. The molecule has 2 aromatic rings. The lowest BCUT2D eigenvalue weighted by Gasteiger charge is -2.05. The Morgan fingerprint density at radius 3 is 2.68 bits per heavy atom. The van der Waals surface area contributed by atoms with Crippen molar-refractivity contribution in [2.24, 2.45) is 5.92 Å². The molecule has 0 spiro atoms. The molecule has 1 aromatic heterocycles. The van der Waals surface area contributed by atoms with E-state index < -0.39 is 0 Å². The van der Waals surface area contributed by atoms with Crippen molar-refractivity contribution >= 4 is 11.6 Å². The first-order valence-corrected chi connectivity index (χ1v) is 6.52. The molecule has 2 atom stereocenters. The van der Waals surface area contributed by atoms with Crippen LogP contribution in [0.5, 0.6) is 0 Å². The number of carbonyl (C=O) groups excluding carboxylic acids is 1. The molecule has 19 heavy (non-hydrogen) atoms. The Morgan fingerprint density at radius 1 is 1.21 bits per heavy atom. The molecule has 0 bridgehead atoms. The van der Waals surface area contributed by atoms with Crippen LogP contribution in [0, 0.1) is 12.8 Å². The molecule has 2 unspecified atom stereocenters. The SMILES string of the molecule is Cc1ccc(NC(=O)C2CC2c2ccccn2)cc1. The molecule has 0 saturated heterocycles. The summed E-state index contributed by atoms with van der Waals surface area (Å²) >= 11 is 0. The Kier molecular flexibility index (Phi) is 3.03. The zero-order chi connectivity index (χ0) is 13.2. The van der Waals surface area contributed by atoms with Crippen LogP contribution in [0.15, 0.2) is 48.7 Å². The molecule has 1 saturated carbocycles. The molecular formula is C16H16N2O. The first-order chi connectivity index (χ1) is 9.24. The lowest BCUT2D eigenvalue weighted by atomic mass is 10.2. The second-order valence-corrected chi connectivity index (χ2v) is 5.06. The fraction of sp³-hybridized carbons (Fsp3) is 0.250. The van der Waals surface area contributed by atoms with Crippen molar-refractivity contribution in [1.29, 1.82) is 0 Å². The molecule has 1 heterocycles. The van der Waals surface area contributed by atoms with Gasteiger partial charge in [0, 0.05) is 29.4 Å². The number of hydrogen-bond acceptors (Lipinski definition) is 2. The van der Waals surface area contributed by atoms with Gasteiger partial charge < -0.3 is 5.32 Å². The number of nitrogens with zero attached hydrogens (tertiary/aromatic N) is 1. The van der Waals surface area contributed by atoms with Gasteiger partial charge in [0.1, 0.15) is 0 Å². The van der Waals surface area contributed by atoms with Gasteiger partial charge in [0.15, 0.2) is 0 Å². The number of hydrogen-bond donors (Lipinski definition) is 1. The van der Waals surface area contributed by atoms with Crippen LogP contribution in [0.25, 0.3) is 0 Å². The summed E-state index contributed by atoms with van der Waals surface area (Å²) in [6.07, 6.45) is 2.68. The van der Waals surface area contributed by atoms with Gasteiger partial charge in [-0.15, -0.1) is 0 Å². The quantitative estimate of drug-likeness (QED) is 0.911. The van der Waals surface area contributed by atoms with E-state index in [1.54, 1.807) is 6.20 Å². The first kappa shape index (κ1) is 11.9. The molecule has 96 valence electrons. The Hall–Kier alpha value is -2.16. The number of aromatic nitrogens is 1. The highest BCUT2D eigenvalue weighted by Crippen LogP contribution is 2.47. The highest BCUT2D eigenvalue weighted by molar-refractivity contribution is 5.95. The predicted octanol–water partition coefficient (Wildman–Crippen LogP) is 3.13. The monoisotopic (exact) mass is 252 g/mol. The molecule has 1 aromatic carbocycles. The molecule has 1 aliphatic carbocycles.